The number of aromatic nitrogens is 3. The molecule has 2 aromatic carbocycles. The summed E-state index contributed by atoms with van der Waals surface area (Å²) in [6.07, 6.45) is 0. The van der Waals surface area contributed by atoms with Gasteiger partial charge in [-0.2, -0.15) is 4.68 Å². The molecule has 1 fully saturated rings. The molecular weight excluding hydrogens is 310 g/mol. The molecule has 0 saturated carbocycles. The van der Waals surface area contributed by atoms with E-state index in [-0.39, 0.29) is 0 Å². The van der Waals surface area contributed by atoms with Crippen LogP contribution in [0.1, 0.15) is 0 Å². The van der Waals surface area contributed by atoms with Gasteiger partial charge in [-0.1, -0.05) is 35.0 Å². The van der Waals surface area contributed by atoms with Gasteiger partial charge >= 0.3 is 0 Å². The molecule has 3 aromatic rings. The Labute approximate surface area is 140 Å². The highest BCUT2D eigenvalue weighted by atomic mass is 35.5. The lowest BCUT2D eigenvalue weighted by atomic mass is 10.2. The van der Waals surface area contributed by atoms with Crippen molar-refractivity contribution in [2.45, 2.75) is 6.67 Å². The molecule has 1 N–H and O–H groups in total. The van der Waals surface area contributed by atoms with Crippen LogP contribution < -0.4 is 9.80 Å². The highest BCUT2D eigenvalue weighted by Crippen LogP contribution is 2.19. The second-order valence-corrected chi connectivity index (χ2v) is 6.39. The number of nitrogens with one attached hydrogen (secondary N) is 1. The quantitative estimate of drug-likeness (QED) is 0.791. The van der Waals surface area contributed by atoms with Crippen LogP contribution in [-0.2, 0) is 6.67 Å². The van der Waals surface area contributed by atoms with Gasteiger partial charge in [0.05, 0.1) is 31.7 Å². The molecule has 23 heavy (non-hydrogen) atoms. The van der Waals surface area contributed by atoms with Gasteiger partial charge in [-0.15, -0.1) is 5.10 Å². The number of halogens is 1. The van der Waals surface area contributed by atoms with Crippen LogP contribution in [0, 0.1) is 0 Å². The summed E-state index contributed by atoms with van der Waals surface area (Å²) in [5.41, 5.74) is 3.28. The largest absolute Gasteiger partial charge is 0.360 e. The number of para-hydroxylation sites is 1. The van der Waals surface area contributed by atoms with E-state index < -0.39 is 0 Å². The maximum atomic E-state index is 6.09. The molecule has 118 valence electrons. The van der Waals surface area contributed by atoms with Crippen molar-refractivity contribution in [2.75, 3.05) is 31.1 Å². The molecule has 0 aliphatic carbocycles. The Morgan fingerprint density at radius 3 is 2.70 bits per heavy atom. The second kappa shape index (κ2) is 6.18. The maximum absolute atomic E-state index is 6.09. The summed E-state index contributed by atoms with van der Waals surface area (Å²) >= 11 is 6.09. The predicted molar refractivity (Wildman–Crippen MR) is 91.9 cm³/mol. The number of anilines is 1. The summed E-state index contributed by atoms with van der Waals surface area (Å²) in [6.45, 7) is 5.09. The first-order valence-electron chi connectivity index (χ1n) is 7.92. The Morgan fingerprint density at radius 1 is 1.04 bits per heavy atom. The van der Waals surface area contributed by atoms with E-state index in [0.717, 1.165) is 48.9 Å². The summed E-state index contributed by atoms with van der Waals surface area (Å²) in [5, 5.41) is 9.32. The fourth-order valence-corrected chi connectivity index (χ4v) is 3.34. The Kier molecular flexibility index (Phi) is 3.89. The Bertz CT molecular complexity index is 807. The van der Waals surface area contributed by atoms with Crippen LogP contribution in [-0.4, -0.2) is 41.2 Å². The van der Waals surface area contributed by atoms with Gasteiger partial charge in [-0.25, -0.2) is 0 Å². The smallest absolute Gasteiger partial charge is 0.175 e. The Morgan fingerprint density at radius 2 is 1.87 bits per heavy atom. The first-order valence-corrected chi connectivity index (χ1v) is 8.30. The zero-order chi connectivity index (χ0) is 15.6. The van der Waals surface area contributed by atoms with Crippen LogP contribution in [0.4, 0.5) is 5.69 Å². The minimum Gasteiger partial charge on any atom is -0.360 e. The third-order valence-electron chi connectivity index (χ3n) is 4.44. The molecule has 0 atom stereocenters. The molecule has 0 spiro atoms. The fourth-order valence-electron chi connectivity index (χ4n) is 3.16. The summed E-state index contributed by atoms with van der Waals surface area (Å²) < 4.78 is 2.01. The zero-order valence-electron chi connectivity index (χ0n) is 12.8. The minimum absolute atomic E-state index is 0.798. The van der Waals surface area contributed by atoms with E-state index >= 15 is 0 Å². The molecule has 1 aromatic heterocycles. The highest BCUT2D eigenvalue weighted by Gasteiger charge is 2.21. The van der Waals surface area contributed by atoms with Crippen LogP contribution in [0.25, 0.3) is 11.0 Å². The monoisotopic (exact) mass is 328 g/mol. The van der Waals surface area contributed by atoms with Crippen molar-refractivity contribution in [3.05, 3.63) is 53.6 Å². The average Bonchev–Trinajstić information content (AvgIpc) is 2.99. The minimum atomic E-state index is 0.798. The van der Waals surface area contributed by atoms with Gasteiger partial charge in [0.1, 0.15) is 5.52 Å². The lowest BCUT2D eigenvalue weighted by Crippen LogP contribution is -3.14. The second-order valence-electron chi connectivity index (χ2n) is 5.95. The molecule has 1 aliphatic heterocycles. The van der Waals surface area contributed by atoms with E-state index in [4.69, 9.17) is 11.6 Å². The molecular formula is C17H19ClN5+. The highest BCUT2D eigenvalue weighted by molar-refractivity contribution is 6.30. The lowest BCUT2D eigenvalue weighted by molar-refractivity contribution is -0.923. The van der Waals surface area contributed by atoms with Crippen molar-refractivity contribution in [3.8, 4) is 0 Å². The molecule has 5 nitrogen and oxygen atoms in total. The predicted octanol–water partition coefficient (Wildman–Crippen LogP) is 1.45. The number of quaternary nitrogens is 1. The summed E-state index contributed by atoms with van der Waals surface area (Å²) in [7, 11) is 0. The number of hydrogen-bond donors (Lipinski definition) is 1. The molecule has 1 aliphatic rings. The van der Waals surface area contributed by atoms with Gasteiger partial charge < -0.3 is 9.80 Å². The van der Waals surface area contributed by atoms with Gasteiger partial charge in [-0.05, 0) is 30.3 Å². The van der Waals surface area contributed by atoms with E-state index in [1.165, 1.54) is 10.6 Å². The third-order valence-corrected chi connectivity index (χ3v) is 4.67. The van der Waals surface area contributed by atoms with Crippen molar-refractivity contribution in [2.24, 2.45) is 0 Å². The number of hydrogen-bond acceptors (Lipinski definition) is 3. The van der Waals surface area contributed by atoms with E-state index in [1.54, 1.807) is 0 Å². The lowest BCUT2D eigenvalue weighted by Gasteiger charge is -2.33. The molecule has 2 heterocycles. The SMILES string of the molecule is Clc1cccc(N2CC[NH+](Cn3nnc4ccccc43)CC2)c1. The standard InChI is InChI=1S/C17H18ClN5/c18-14-4-3-5-15(12-14)22-10-8-21(9-11-22)13-23-17-7-2-1-6-16(17)19-20-23/h1-7,12H,8-11,13H2/p+1. The first-order chi connectivity index (χ1) is 11.3. The summed E-state index contributed by atoms with van der Waals surface area (Å²) in [5.74, 6) is 0. The van der Waals surface area contributed by atoms with Crippen LogP contribution >= 0.6 is 11.6 Å². The molecule has 0 unspecified atom stereocenters. The van der Waals surface area contributed by atoms with Crippen molar-refractivity contribution in [1.29, 1.82) is 0 Å². The van der Waals surface area contributed by atoms with Gasteiger partial charge in [-0.3, -0.25) is 0 Å². The van der Waals surface area contributed by atoms with Crippen LogP contribution in [0.2, 0.25) is 5.02 Å². The topological polar surface area (TPSA) is 38.4 Å². The van der Waals surface area contributed by atoms with Crippen LogP contribution in [0.15, 0.2) is 48.5 Å². The van der Waals surface area contributed by atoms with E-state index in [2.05, 4.69) is 27.3 Å². The maximum Gasteiger partial charge on any atom is 0.175 e. The first kappa shape index (κ1) is 14.5. The normalized spacial score (nSPS) is 16.1. The number of benzene rings is 2. The van der Waals surface area contributed by atoms with Crippen molar-refractivity contribution in [1.82, 2.24) is 15.0 Å². The molecule has 0 radical (unpaired) electrons. The van der Waals surface area contributed by atoms with Crippen LogP contribution in [0.5, 0.6) is 0 Å². The molecule has 6 heteroatoms. The third kappa shape index (κ3) is 3.02. The molecule has 4 rings (SSSR count). The van der Waals surface area contributed by atoms with E-state index in [1.807, 2.05) is 41.1 Å². The zero-order valence-corrected chi connectivity index (χ0v) is 13.6. The van der Waals surface area contributed by atoms with Gasteiger partial charge in [0, 0.05) is 10.7 Å². The Balaban J connectivity index is 1.42. The van der Waals surface area contributed by atoms with Crippen molar-refractivity contribution < 1.29 is 4.90 Å². The van der Waals surface area contributed by atoms with Crippen LogP contribution in [0.3, 0.4) is 0 Å². The van der Waals surface area contributed by atoms with Gasteiger partial charge in [0.15, 0.2) is 6.67 Å². The number of piperazine rings is 1. The number of rotatable bonds is 3. The average molecular weight is 329 g/mol. The van der Waals surface area contributed by atoms with E-state index in [0.29, 0.717) is 0 Å². The molecule has 1 saturated heterocycles. The fraction of sp³-hybridized carbons (Fsp3) is 0.294. The Hall–Kier alpha value is -2.11. The molecule has 0 bridgehead atoms. The van der Waals surface area contributed by atoms with E-state index in [9.17, 15) is 0 Å². The van der Waals surface area contributed by atoms with Crippen molar-refractivity contribution >= 4 is 28.3 Å². The van der Waals surface area contributed by atoms with Crippen molar-refractivity contribution in [3.63, 3.8) is 0 Å². The number of fused-ring (bicyclic) bond motifs is 1. The van der Waals surface area contributed by atoms with Gasteiger partial charge in [0.25, 0.3) is 0 Å². The number of nitrogens with zero attached hydrogens (tertiary/aromatic N) is 4. The molecule has 0 amide bonds. The summed E-state index contributed by atoms with van der Waals surface area (Å²) in [6, 6.07) is 16.2. The van der Waals surface area contributed by atoms with Gasteiger partial charge in [0.2, 0.25) is 0 Å². The summed E-state index contributed by atoms with van der Waals surface area (Å²) in [4.78, 5) is 3.92.